The van der Waals surface area contributed by atoms with Gasteiger partial charge in [-0.3, -0.25) is 0 Å². The molecule has 110 valence electrons. The Bertz CT molecular complexity index is 1060. The molecular formula is C16H8FN5O. The number of benzene rings is 1. The standard InChI is InChI=1S/C16H8FN5O/c17-13-2-1-9(7-18)5-12(13)16-21-15(22-23-16)11-6-10-3-4-19-14(10)20-8-11/h1-6,8H,(H,19,20). The molecule has 1 N–H and O–H groups in total. The summed E-state index contributed by atoms with van der Waals surface area (Å²) in [6, 6.07) is 9.65. The number of hydrogen-bond donors (Lipinski definition) is 1. The number of rotatable bonds is 2. The fraction of sp³-hybridized carbons (Fsp3) is 0. The minimum Gasteiger partial charge on any atom is -0.346 e. The molecule has 7 heteroatoms. The summed E-state index contributed by atoms with van der Waals surface area (Å²) in [5, 5.41) is 13.7. The predicted molar refractivity (Wildman–Crippen MR) is 79.5 cm³/mol. The van der Waals surface area contributed by atoms with E-state index in [1.165, 1.54) is 18.2 Å². The minimum atomic E-state index is -0.529. The zero-order valence-electron chi connectivity index (χ0n) is 11.6. The number of H-pyrrole nitrogens is 1. The van der Waals surface area contributed by atoms with Gasteiger partial charge in [-0.05, 0) is 30.3 Å². The van der Waals surface area contributed by atoms with Crippen molar-refractivity contribution < 1.29 is 8.91 Å². The molecule has 0 saturated heterocycles. The van der Waals surface area contributed by atoms with Crippen LogP contribution in [0.2, 0.25) is 0 Å². The van der Waals surface area contributed by atoms with E-state index in [1.54, 1.807) is 12.4 Å². The number of aromatic nitrogens is 4. The molecule has 23 heavy (non-hydrogen) atoms. The first-order valence-electron chi connectivity index (χ1n) is 6.72. The van der Waals surface area contributed by atoms with Crippen molar-refractivity contribution in [2.75, 3.05) is 0 Å². The molecule has 4 aromatic rings. The van der Waals surface area contributed by atoms with E-state index in [4.69, 9.17) is 9.78 Å². The van der Waals surface area contributed by atoms with Gasteiger partial charge < -0.3 is 9.51 Å². The van der Waals surface area contributed by atoms with Gasteiger partial charge in [0, 0.05) is 23.3 Å². The summed E-state index contributed by atoms with van der Waals surface area (Å²) < 4.78 is 19.0. The van der Waals surface area contributed by atoms with Gasteiger partial charge in [0.15, 0.2) is 0 Å². The SMILES string of the molecule is N#Cc1ccc(F)c(-c2nc(-c3cnc4[nH]ccc4c3)no2)c1. The van der Waals surface area contributed by atoms with Gasteiger partial charge in [0.2, 0.25) is 5.82 Å². The summed E-state index contributed by atoms with van der Waals surface area (Å²) in [7, 11) is 0. The molecular weight excluding hydrogens is 297 g/mol. The molecule has 0 bridgehead atoms. The first kappa shape index (κ1) is 13.2. The van der Waals surface area contributed by atoms with Crippen molar-refractivity contribution in [2.24, 2.45) is 0 Å². The number of nitrogens with zero attached hydrogens (tertiary/aromatic N) is 4. The molecule has 0 amide bonds. The second-order valence-electron chi connectivity index (χ2n) is 4.87. The van der Waals surface area contributed by atoms with Crippen LogP contribution in [0, 0.1) is 17.1 Å². The lowest BCUT2D eigenvalue weighted by Gasteiger charge is -1.97. The number of pyridine rings is 1. The van der Waals surface area contributed by atoms with Crippen molar-refractivity contribution in [1.29, 1.82) is 5.26 Å². The smallest absolute Gasteiger partial charge is 0.261 e. The van der Waals surface area contributed by atoms with Gasteiger partial charge in [-0.25, -0.2) is 9.37 Å². The van der Waals surface area contributed by atoms with Crippen LogP contribution in [-0.4, -0.2) is 20.1 Å². The van der Waals surface area contributed by atoms with Crippen LogP contribution in [0.1, 0.15) is 5.56 Å². The van der Waals surface area contributed by atoms with E-state index < -0.39 is 5.82 Å². The molecule has 0 aliphatic heterocycles. The molecule has 0 aliphatic carbocycles. The highest BCUT2D eigenvalue weighted by Crippen LogP contribution is 2.26. The van der Waals surface area contributed by atoms with Crippen molar-refractivity contribution in [3.05, 3.63) is 54.1 Å². The van der Waals surface area contributed by atoms with Gasteiger partial charge in [-0.1, -0.05) is 5.16 Å². The van der Waals surface area contributed by atoms with Gasteiger partial charge >= 0.3 is 0 Å². The number of nitriles is 1. The molecule has 3 heterocycles. The van der Waals surface area contributed by atoms with Gasteiger partial charge in [0.05, 0.1) is 17.2 Å². The maximum atomic E-state index is 13.9. The Morgan fingerprint density at radius 2 is 2.13 bits per heavy atom. The number of halogens is 1. The van der Waals surface area contributed by atoms with Gasteiger partial charge in [-0.2, -0.15) is 10.2 Å². The summed E-state index contributed by atoms with van der Waals surface area (Å²) in [5.74, 6) is -0.209. The van der Waals surface area contributed by atoms with Crippen molar-refractivity contribution in [3.8, 4) is 28.9 Å². The fourth-order valence-corrected chi connectivity index (χ4v) is 2.27. The Balaban J connectivity index is 1.78. The molecule has 0 unspecified atom stereocenters. The van der Waals surface area contributed by atoms with E-state index >= 15 is 0 Å². The predicted octanol–water partition coefficient (Wildman–Crippen LogP) is 3.29. The Hall–Kier alpha value is -3.53. The van der Waals surface area contributed by atoms with E-state index in [0.717, 1.165) is 11.0 Å². The Morgan fingerprint density at radius 1 is 1.22 bits per heavy atom. The number of fused-ring (bicyclic) bond motifs is 1. The molecule has 0 radical (unpaired) electrons. The van der Waals surface area contributed by atoms with Gasteiger partial charge in [0.25, 0.3) is 5.89 Å². The molecule has 1 aromatic carbocycles. The van der Waals surface area contributed by atoms with Crippen LogP contribution in [0.15, 0.2) is 47.2 Å². The Kier molecular flexibility index (Phi) is 2.88. The lowest BCUT2D eigenvalue weighted by atomic mass is 10.1. The lowest BCUT2D eigenvalue weighted by molar-refractivity contribution is 0.429. The van der Waals surface area contributed by atoms with Crippen LogP contribution in [0.5, 0.6) is 0 Å². The number of hydrogen-bond acceptors (Lipinski definition) is 5. The summed E-state index contributed by atoms with van der Waals surface area (Å²) in [4.78, 5) is 11.4. The monoisotopic (exact) mass is 305 g/mol. The normalized spacial score (nSPS) is 10.8. The second kappa shape index (κ2) is 5.03. The third kappa shape index (κ3) is 2.22. The Morgan fingerprint density at radius 3 is 3.00 bits per heavy atom. The summed E-state index contributed by atoms with van der Waals surface area (Å²) >= 11 is 0. The molecule has 0 aliphatic rings. The highest BCUT2D eigenvalue weighted by Gasteiger charge is 2.15. The van der Waals surface area contributed by atoms with E-state index in [2.05, 4.69) is 20.1 Å². The first-order chi connectivity index (χ1) is 11.2. The molecule has 4 rings (SSSR count). The molecule has 0 atom stereocenters. The maximum absolute atomic E-state index is 13.9. The van der Waals surface area contributed by atoms with Crippen molar-refractivity contribution in [1.82, 2.24) is 20.1 Å². The maximum Gasteiger partial charge on any atom is 0.261 e. The van der Waals surface area contributed by atoms with Crippen LogP contribution < -0.4 is 0 Å². The van der Waals surface area contributed by atoms with E-state index in [9.17, 15) is 4.39 Å². The third-order valence-corrected chi connectivity index (χ3v) is 3.41. The van der Waals surface area contributed by atoms with Crippen LogP contribution >= 0.6 is 0 Å². The molecule has 3 aromatic heterocycles. The summed E-state index contributed by atoms with van der Waals surface area (Å²) in [6.45, 7) is 0. The van der Waals surface area contributed by atoms with E-state index in [-0.39, 0.29) is 11.5 Å². The fourth-order valence-electron chi connectivity index (χ4n) is 2.27. The van der Waals surface area contributed by atoms with Crippen LogP contribution in [0.4, 0.5) is 4.39 Å². The zero-order chi connectivity index (χ0) is 15.8. The number of aromatic amines is 1. The highest BCUT2D eigenvalue weighted by atomic mass is 19.1. The Labute approximate surface area is 129 Å². The largest absolute Gasteiger partial charge is 0.346 e. The van der Waals surface area contributed by atoms with E-state index in [0.29, 0.717) is 17.0 Å². The first-order valence-corrected chi connectivity index (χ1v) is 6.72. The zero-order valence-corrected chi connectivity index (χ0v) is 11.6. The topological polar surface area (TPSA) is 91.4 Å². The summed E-state index contributed by atoms with van der Waals surface area (Å²) in [6.07, 6.45) is 3.39. The van der Waals surface area contributed by atoms with Crippen molar-refractivity contribution >= 4 is 11.0 Å². The third-order valence-electron chi connectivity index (χ3n) is 3.41. The second-order valence-corrected chi connectivity index (χ2v) is 4.87. The van der Waals surface area contributed by atoms with Gasteiger partial charge in [-0.15, -0.1) is 0 Å². The molecule has 0 fully saturated rings. The van der Waals surface area contributed by atoms with Crippen LogP contribution in [0.25, 0.3) is 33.9 Å². The van der Waals surface area contributed by atoms with E-state index in [1.807, 2.05) is 18.2 Å². The van der Waals surface area contributed by atoms with Gasteiger partial charge in [0.1, 0.15) is 11.5 Å². The quantitative estimate of drug-likeness (QED) is 0.613. The molecule has 6 nitrogen and oxygen atoms in total. The van der Waals surface area contributed by atoms with Crippen molar-refractivity contribution in [3.63, 3.8) is 0 Å². The minimum absolute atomic E-state index is 0.0174. The van der Waals surface area contributed by atoms with Crippen LogP contribution in [-0.2, 0) is 0 Å². The average Bonchev–Trinajstić information content (AvgIpc) is 3.23. The molecule has 0 saturated carbocycles. The van der Waals surface area contributed by atoms with Crippen molar-refractivity contribution in [2.45, 2.75) is 0 Å². The van der Waals surface area contributed by atoms with Crippen LogP contribution in [0.3, 0.4) is 0 Å². The lowest BCUT2D eigenvalue weighted by Crippen LogP contribution is -1.87. The average molecular weight is 305 g/mol. The molecule has 0 spiro atoms. The summed E-state index contributed by atoms with van der Waals surface area (Å²) in [5.41, 5.74) is 1.82. The highest BCUT2D eigenvalue weighted by molar-refractivity contribution is 5.80. The number of nitrogens with one attached hydrogen (secondary N) is 1.